The highest BCUT2D eigenvalue weighted by Crippen LogP contribution is 2.45. The fourth-order valence-electron chi connectivity index (χ4n) is 4.94. The summed E-state index contributed by atoms with van der Waals surface area (Å²) >= 11 is 0. The molecule has 2 unspecified atom stereocenters. The maximum atomic E-state index is 14.8. The van der Waals surface area contributed by atoms with Gasteiger partial charge in [0.2, 0.25) is 0 Å². The number of aryl methyl sites for hydroxylation is 1. The zero-order valence-corrected chi connectivity index (χ0v) is 21.4. The third-order valence-corrected chi connectivity index (χ3v) is 7.97. The number of aromatic nitrogens is 2. The van der Waals surface area contributed by atoms with Gasteiger partial charge in [-0.3, -0.25) is 0 Å². The molecule has 4 rings (SSSR count). The van der Waals surface area contributed by atoms with Gasteiger partial charge < -0.3 is 9.30 Å². The maximum absolute atomic E-state index is 14.8. The number of nitrogens with one attached hydrogen (secondary N) is 1. The lowest BCUT2D eigenvalue weighted by Crippen LogP contribution is -2.28. The Labute approximate surface area is 213 Å². The van der Waals surface area contributed by atoms with Gasteiger partial charge in [-0.05, 0) is 66.0 Å². The van der Waals surface area contributed by atoms with E-state index in [0.29, 0.717) is 18.4 Å². The van der Waals surface area contributed by atoms with Crippen molar-refractivity contribution < 1.29 is 30.7 Å². The van der Waals surface area contributed by atoms with E-state index in [9.17, 15) is 26.0 Å². The van der Waals surface area contributed by atoms with Crippen molar-refractivity contribution in [1.82, 2.24) is 14.3 Å². The van der Waals surface area contributed by atoms with Crippen molar-refractivity contribution in [3.8, 4) is 5.75 Å². The molecule has 11 heteroatoms. The maximum Gasteiger partial charge on any atom is 0.416 e. The third-order valence-electron chi connectivity index (χ3n) is 6.62. The SMILES string of the molecule is CCCC1Cc2cc(F)c(OCCNS(=O)(=O)c3cn(C)cn3)cc2C1Cc1cccc(C(F)(F)F)c1. The van der Waals surface area contributed by atoms with Crippen LogP contribution in [-0.4, -0.2) is 31.1 Å². The topological polar surface area (TPSA) is 73.2 Å². The van der Waals surface area contributed by atoms with Crippen LogP contribution in [0.15, 0.2) is 53.9 Å². The molecule has 6 nitrogen and oxygen atoms in total. The molecule has 0 amide bonds. The summed E-state index contributed by atoms with van der Waals surface area (Å²) < 4.78 is 88.5. The summed E-state index contributed by atoms with van der Waals surface area (Å²) in [6, 6.07) is 8.37. The molecule has 1 aliphatic rings. The average Bonchev–Trinajstić information content (AvgIpc) is 3.41. The molecule has 37 heavy (non-hydrogen) atoms. The van der Waals surface area contributed by atoms with Gasteiger partial charge in [-0.2, -0.15) is 13.2 Å². The van der Waals surface area contributed by atoms with Gasteiger partial charge in [0.05, 0.1) is 11.9 Å². The highest BCUT2D eigenvalue weighted by molar-refractivity contribution is 7.89. The number of nitrogens with zero attached hydrogens (tertiary/aromatic N) is 2. The number of sulfonamides is 1. The van der Waals surface area contributed by atoms with Crippen LogP contribution < -0.4 is 9.46 Å². The first-order valence-electron chi connectivity index (χ1n) is 12.1. The standard InChI is InChI=1S/C26H29F4N3O3S/c1-3-5-18-12-19-13-23(27)24(36-9-8-32-37(34,35)25-15-33(2)16-31-25)14-22(19)21(18)11-17-6-4-7-20(10-17)26(28,29)30/h4,6-7,10,13-16,18,21,32H,3,5,8-9,11-12H2,1-2H3. The number of hydrogen-bond acceptors (Lipinski definition) is 4. The lowest BCUT2D eigenvalue weighted by atomic mass is 9.84. The van der Waals surface area contributed by atoms with E-state index < -0.39 is 27.6 Å². The molecule has 2 atom stereocenters. The van der Waals surface area contributed by atoms with Crippen LogP contribution >= 0.6 is 0 Å². The van der Waals surface area contributed by atoms with Crippen molar-refractivity contribution in [2.24, 2.45) is 13.0 Å². The van der Waals surface area contributed by atoms with Gasteiger partial charge in [0.1, 0.15) is 6.61 Å². The minimum Gasteiger partial charge on any atom is -0.489 e. The molecular weight excluding hydrogens is 510 g/mol. The fraction of sp³-hybridized carbons (Fsp3) is 0.423. The van der Waals surface area contributed by atoms with Gasteiger partial charge in [-0.25, -0.2) is 22.5 Å². The molecule has 0 bridgehead atoms. The summed E-state index contributed by atoms with van der Waals surface area (Å²) in [5.74, 6) is -0.471. The zero-order chi connectivity index (χ0) is 26.8. The van der Waals surface area contributed by atoms with E-state index in [4.69, 9.17) is 4.74 Å². The van der Waals surface area contributed by atoms with Gasteiger partial charge >= 0.3 is 6.18 Å². The Morgan fingerprint density at radius 2 is 2.00 bits per heavy atom. The zero-order valence-electron chi connectivity index (χ0n) is 20.6. The Morgan fingerprint density at radius 3 is 2.68 bits per heavy atom. The Morgan fingerprint density at radius 1 is 1.22 bits per heavy atom. The van der Waals surface area contributed by atoms with Gasteiger partial charge in [-0.15, -0.1) is 0 Å². The second-order valence-corrected chi connectivity index (χ2v) is 11.1. The van der Waals surface area contributed by atoms with Crippen molar-refractivity contribution in [3.63, 3.8) is 0 Å². The Hall–Kier alpha value is -2.92. The number of alkyl halides is 3. The molecule has 1 N–H and O–H groups in total. The third kappa shape index (κ3) is 6.32. The van der Waals surface area contributed by atoms with Gasteiger partial charge in [0.15, 0.2) is 16.6 Å². The van der Waals surface area contributed by atoms with Crippen molar-refractivity contribution in [1.29, 1.82) is 0 Å². The van der Waals surface area contributed by atoms with E-state index >= 15 is 0 Å². The summed E-state index contributed by atoms with van der Waals surface area (Å²) in [7, 11) is -2.17. The first kappa shape index (κ1) is 27.1. The monoisotopic (exact) mass is 539 g/mol. The molecule has 1 aliphatic carbocycles. The first-order valence-corrected chi connectivity index (χ1v) is 13.5. The Kier molecular flexibility index (Phi) is 7.94. The minimum atomic E-state index is -4.42. The van der Waals surface area contributed by atoms with Crippen LogP contribution in [0.5, 0.6) is 5.75 Å². The van der Waals surface area contributed by atoms with E-state index in [-0.39, 0.29) is 35.8 Å². The van der Waals surface area contributed by atoms with Gasteiger partial charge in [-0.1, -0.05) is 31.5 Å². The number of rotatable bonds is 10. The quantitative estimate of drug-likeness (QED) is 0.283. The largest absolute Gasteiger partial charge is 0.489 e. The number of benzene rings is 2. The second-order valence-electron chi connectivity index (χ2n) is 9.37. The molecule has 2 aromatic carbocycles. The predicted molar refractivity (Wildman–Crippen MR) is 130 cm³/mol. The van der Waals surface area contributed by atoms with E-state index in [1.54, 1.807) is 19.2 Å². The van der Waals surface area contributed by atoms with E-state index in [1.807, 2.05) is 6.92 Å². The van der Waals surface area contributed by atoms with Crippen LogP contribution in [0, 0.1) is 11.7 Å². The second kappa shape index (κ2) is 10.8. The lowest BCUT2D eigenvalue weighted by Gasteiger charge is -2.21. The smallest absolute Gasteiger partial charge is 0.416 e. The van der Waals surface area contributed by atoms with Crippen LogP contribution in [-0.2, 0) is 36.1 Å². The Balaban J connectivity index is 1.49. The molecule has 0 spiro atoms. The predicted octanol–water partition coefficient (Wildman–Crippen LogP) is 5.23. The molecule has 200 valence electrons. The van der Waals surface area contributed by atoms with Crippen LogP contribution in [0.1, 0.15) is 47.9 Å². The number of fused-ring (bicyclic) bond motifs is 1. The number of imidazole rings is 1. The van der Waals surface area contributed by atoms with Gasteiger partial charge in [0, 0.05) is 19.8 Å². The van der Waals surface area contributed by atoms with Crippen molar-refractivity contribution >= 4 is 10.0 Å². The average molecular weight is 540 g/mol. The molecule has 0 fully saturated rings. The summed E-state index contributed by atoms with van der Waals surface area (Å²) in [6.07, 6.45) is 1.12. The number of hydrogen-bond donors (Lipinski definition) is 1. The van der Waals surface area contributed by atoms with Gasteiger partial charge in [0.25, 0.3) is 10.0 Å². The summed E-state index contributed by atoms with van der Waals surface area (Å²) in [5, 5.41) is -0.127. The molecule has 0 aliphatic heterocycles. The van der Waals surface area contributed by atoms with E-state index in [1.165, 1.54) is 35.3 Å². The lowest BCUT2D eigenvalue weighted by molar-refractivity contribution is -0.137. The normalized spacial score (nSPS) is 17.7. The van der Waals surface area contributed by atoms with Crippen LogP contribution in [0.2, 0.25) is 0 Å². The summed E-state index contributed by atoms with van der Waals surface area (Å²) in [6.45, 7) is 1.84. The highest BCUT2D eigenvalue weighted by atomic mass is 32.2. The summed E-state index contributed by atoms with van der Waals surface area (Å²) in [5.41, 5.74) is 1.58. The van der Waals surface area contributed by atoms with E-state index in [0.717, 1.165) is 30.0 Å². The van der Waals surface area contributed by atoms with Crippen LogP contribution in [0.25, 0.3) is 0 Å². The molecule has 1 heterocycles. The molecule has 3 aromatic rings. The minimum absolute atomic E-state index is 0.0121. The fourth-order valence-corrected chi connectivity index (χ4v) is 5.93. The van der Waals surface area contributed by atoms with Crippen molar-refractivity contribution in [2.45, 2.75) is 49.7 Å². The summed E-state index contributed by atoms with van der Waals surface area (Å²) in [4.78, 5) is 3.81. The van der Waals surface area contributed by atoms with Crippen LogP contribution in [0.3, 0.4) is 0 Å². The molecule has 1 aromatic heterocycles. The number of ether oxygens (including phenoxy) is 1. The van der Waals surface area contributed by atoms with Crippen molar-refractivity contribution in [3.05, 3.63) is 77.0 Å². The molecule has 0 radical (unpaired) electrons. The Bertz CT molecular complexity index is 1360. The number of halogens is 4. The molecule has 0 saturated carbocycles. The first-order chi connectivity index (χ1) is 17.5. The molecule has 0 saturated heterocycles. The van der Waals surface area contributed by atoms with E-state index in [2.05, 4.69) is 9.71 Å². The van der Waals surface area contributed by atoms with Crippen LogP contribution in [0.4, 0.5) is 17.6 Å². The van der Waals surface area contributed by atoms with Crippen molar-refractivity contribution in [2.75, 3.05) is 13.2 Å². The molecular formula is C26H29F4N3O3S. The highest BCUT2D eigenvalue weighted by Gasteiger charge is 2.35.